The summed E-state index contributed by atoms with van der Waals surface area (Å²) in [5.41, 5.74) is 0. The first-order valence-electron chi connectivity index (χ1n) is 4.68. The van der Waals surface area contributed by atoms with Gasteiger partial charge in [0.05, 0.1) is 6.42 Å². The van der Waals surface area contributed by atoms with Crippen molar-refractivity contribution in [2.24, 2.45) is 0 Å². The molecule has 0 aromatic carbocycles. The lowest BCUT2D eigenvalue weighted by Crippen LogP contribution is -2.39. The third-order valence-corrected chi connectivity index (χ3v) is 2.34. The molecule has 0 bridgehead atoms. The Bertz CT molecular complexity index is 223. The third kappa shape index (κ3) is 2.70. The number of carbonyl (C=O) groups is 2. The second kappa shape index (κ2) is 4.95. The molecular formula is C9H15NO4. The van der Waals surface area contributed by atoms with Gasteiger partial charge in [0.1, 0.15) is 6.10 Å². The Hall–Kier alpha value is -1.10. The van der Waals surface area contributed by atoms with Gasteiger partial charge in [-0.1, -0.05) is 0 Å². The van der Waals surface area contributed by atoms with Gasteiger partial charge in [-0.15, -0.1) is 0 Å². The van der Waals surface area contributed by atoms with Gasteiger partial charge in [0.2, 0.25) is 0 Å². The topological polar surface area (TPSA) is 66.8 Å². The number of aliphatic carboxylic acids is 1. The Kier molecular flexibility index (Phi) is 3.88. The largest absolute Gasteiger partial charge is 0.481 e. The molecule has 0 saturated carbocycles. The zero-order valence-electron chi connectivity index (χ0n) is 8.23. The van der Waals surface area contributed by atoms with Crippen LogP contribution in [-0.2, 0) is 14.3 Å². The molecule has 0 aliphatic carbocycles. The monoisotopic (exact) mass is 201 g/mol. The normalized spacial score (nSPS) is 18.2. The number of ether oxygens (including phenoxy) is 1. The minimum atomic E-state index is -1.01. The van der Waals surface area contributed by atoms with E-state index >= 15 is 0 Å². The first kappa shape index (κ1) is 11.0. The molecule has 0 radical (unpaired) electrons. The molecule has 0 aromatic rings. The maximum Gasteiger partial charge on any atom is 0.306 e. The highest BCUT2D eigenvalue weighted by atomic mass is 16.5. The van der Waals surface area contributed by atoms with Crippen molar-refractivity contribution in [2.75, 3.05) is 20.2 Å². The van der Waals surface area contributed by atoms with Crippen molar-refractivity contribution in [3.8, 4) is 0 Å². The van der Waals surface area contributed by atoms with E-state index in [-0.39, 0.29) is 12.3 Å². The van der Waals surface area contributed by atoms with Crippen LogP contribution < -0.4 is 0 Å². The number of likely N-dealkylation sites (tertiary alicyclic amines) is 1. The summed E-state index contributed by atoms with van der Waals surface area (Å²) in [6.07, 6.45) is 0.904. The van der Waals surface area contributed by atoms with E-state index in [9.17, 15) is 9.59 Å². The number of methoxy groups -OCH3 is 1. The number of carbonyl (C=O) groups excluding carboxylic acids is 1. The molecule has 1 aliphatic rings. The maximum atomic E-state index is 11.6. The van der Waals surface area contributed by atoms with Gasteiger partial charge in [-0.2, -0.15) is 0 Å². The van der Waals surface area contributed by atoms with E-state index in [0.29, 0.717) is 0 Å². The van der Waals surface area contributed by atoms with Crippen molar-refractivity contribution < 1.29 is 19.4 Å². The highest BCUT2D eigenvalue weighted by Crippen LogP contribution is 2.11. The number of hydrogen-bond acceptors (Lipinski definition) is 3. The molecule has 5 nitrogen and oxygen atoms in total. The standard InChI is InChI=1S/C9H15NO4/c1-14-7(6-8(11)12)9(13)10-4-2-3-5-10/h7H,2-6H2,1H3,(H,11,12). The lowest BCUT2D eigenvalue weighted by atomic mass is 10.2. The summed E-state index contributed by atoms with van der Waals surface area (Å²) in [4.78, 5) is 23.8. The average Bonchev–Trinajstić information content (AvgIpc) is 2.65. The molecule has 5 heteroatoms. The summed E-state index contributed by atoms with van der Waals surface area (Å²) >= 11 is 0. The Morgan fingerprint density at radius 2 is 2.00 bits per heavy atom. The molecule has 1 saturated heterocycles. The second-order valence-electron chi connectivity index (χ2n) is 3.35. The summed E-state index contributed by atoms with van der Waals surface area (Å²) in [6, 6.07) is 0. The van der Waals surface area contributed by atoms with Crippen LogP contribution in [0.2, 0.25) is 0 Å². The van der Waals surface area contributed by atoms with Gasteiger partial charge < -0.3 is 14.7 Å². The number of amides is 1. The zero-order valence-corrected chi connectivity index (χ0v) is 8.23. The van der Waals surface area contributed by atoms with Crippen LogP contribution in [-0.4, -0.2) is 48.2 Å². The Morgan fingerprint density at radius 1 is 1.43 bits per heavy atom. The molecule has 0 spiro atoms. The van der Waals surface area contributed by atoms with Crippen LogP contribution in [0.4, 0.5) is 0 Å². The van der Waals surface area contributed by atoms with E-state index in [2.05, 4.69) is 0 Å². The van der Waals surface area contributed by atoms with Crippen LogP contribution in [0.3, 0.4) is 0 Å². The number of rotatable bonds is 4. The van der Waals surface area contributed by atoms with Crippen LogP contribution in [0.25, 0.3) is 0 Å². The highest BCUT2D eigenvalue weighted by molar-refractivity contribution is 5.85. The minimum absolute atomic E-state index is 0.201. The van der Waals surface area contributed by atoms with Crippen LogP contribution in [0, 0.1) is 0 Å². The van der Waals surface area contributed by atoms with E-state index in [4.69, 9.17) is 9.84 Å². The number of nitrogens with zero attached hydrogens (tertiary/aromatic N) is 1. The fourth-order valence-corrected chi connectivity index (χ4v) is 1.57. The van der Waals surface area contributed by atoms with E-state index in [1.54, 1.807) is 4.90 Å². The summed E-state index contributed by atoms with van der Waals surface area (Å²) in [5, 5.41) is 8.56. The number of carboxylic acid groups (broad SMARTS) is 1. The molecule has 1 aliphatic heterocycles. The fraction of sp³-hybridized carbons (Fsp3) is 0.778. The molecule has 0 aromatic heterocycles. The van der Waals surface area contributed by atoms with Gasteiger partial charge >= 0.3 is 5.97 Å². The second-order valence-corrected chi connectivity index (χ2v) is 3.35. The maximum absolute atomic E-state index is 11.6. The highest BCUT2D eigenvalue weighted by Gasteiger charge is 2.27. The quantitative estimate of drug-likeness (QED) is 0.700. The summed E-state index contributed by atoms with van der Waals surface area (Å²) in [6.45, 7) is 1.44. The van der Waals surface area contributed by atoms with Gasteiger partial charge in [-0.25, -0.2) is 0 Å². The van der Waals surface area contributed by atoms with E-state index in [1.165, 1.54) is 7.11 Å². The van der Waals surface area contributed by atoms with Crippen molar-refractivity contribution in [2.45, 2.75) is 25.4 Å². The number of carboxylic acids is 1. The predicted octanol–water partition coefficient (Wildman–Crippen LogP) is 0.0985. The van der Waals surface area contributed by atoms with Gasteiger partial charge in [0.25, 0.3) is 5.91 Å². The van der Waals surface area contributed by atoms with Crippen molar-refractivity contribution in [3.05, 3.63) is 0 Å². The van der Waals surface area contributed by atoms with Gasteiger partial charge in [0.15, 0.2) is 0 Å². The van der Waals surface area contributed by atoms with Crippen LogP contribution in [0.5, 0.6) is 0 Å². The first-order chi connectivity index (χ1) is 6.65. The zero-order chi connectivity index (χ0) is 10.6. The summed E-state index contributed by atoms with van der Waals surface area (Å²) < 4.78 is 4.86. The molecular weight excluding hydrogens is 186 g/mol. The molecule has 1 unspecified atom stereocenters. The Morgan fingerprint density at radius 3 is 2.43 bits per heavy atom. The first-order valence-corrected chi connectivity index (χ1v) is 4.68. The molecule has 1 atom stereocenters. The van der Waals surface area contributed by atoms with Gasteiger partial charge in [0, 0.05) is 20.2 Å². The fourth-order valence-electron chi connectivity index (χ4n) is 1.57. The molecule has 1 amide bonds. The number of hydrogen-bond donors (Lipinski definition) is 1. The van der Waals surface area contributed by atoms with E-state index in [0.717, 1.165) is 25.9 Å². The van der Waals surface area contributed by atoms with E-state index in [1.807, 2.05) is 0 Å². The van der Waals surface area contributed by atoms with Gasteiger partial charge in [-0.3, -0.25) is 9.59 Å². The molecule has 80 valence electrons. The van der Waals surface area contributed by atoms with Crippen LogP contribution in [0.1, 0.15) is 19.3 Å². The van der Waals surface area contributed by atoms with Crippen molar-refractivity contribution >= 4 is 11.9 Å². The van der Waals surface area contributed by atoms with Crippen molar-refractivity contribution in [1.29, 1.82) is 0 Å². The Balaban J connectivity index is 2.50. The van der Waals surface area contributed by atoms with E-state index < -0.39 is 12.1 Å². The smallest absolute Gasteiger partial charge is 0.306 e. The summed E-state index contributed by atoms with van der Waals surface area (Å²) in [7, 11) is 1.36. The predicted molar refractivity (Wildman–Crippen MR) is 48.9 cm³/mol. The van der Waals surface area contributed by atoms with Crippen LogP contribution >= 0.6 is 0 Å². The van der Waals surface area contributed by atoms with Crippen molar-refractivity contribution in [3.63, 3.8) is 0 Å². The molecule has 1 N–H and O–H groups in total. The van der Waals surface area contributed by atoms with Gasteiger partial charge in [-0.05, 0) is 12.8 Å². The molecule has 1 heterocycles. The average molecular weight is 201 g/mol. The molecule has 1 fully saturated rings. The lowest BCUT2D eigenvalue weighted by molar-refractivity contribution is -0.149. The summed E-state index contributed by atoms with van der Waals surface area (Å²) in [5.74, 6) is -1.21. The molecule has 1 rings (SSSR count). The SMILES string of the molecule is COC(CC(=O)O)C(=O)N1CCCC1. The third-order valence-electron chi connectivity index (χ3n) is 2.34. The van der Waals surface area contributed by atoms with Crippen LogP contribution in [0.15, 0.2) is 0 Å². The lowest BCUT2D eigenvalue weighted by Gasteiger charge is -2.20. The Labute approximate surface area is 82.6 Å². The van der Waals surface area contributed by atoms with Crippen molar-refractivity contribution in [1.82, 2.24) is 4.90 Å². The minimum Gasteiger partial charge on any atom is -0.481 e. The molecule has 14 heavy (non-hydrogen) atoms.